The Hall–Kier alpha value is -9.18. The van der Waals surface area contributed by atoms with E-state index in [4.69, 9.17) is 4.42 Å². The van der Waals surface area contributed by atoms with Crippen LogP contribution >= 0.6 is 0 Å². The molecule has 0 unspecified atom stereocenters. The zero-order valence-electron chi connectivity index (χ0n) is 40.4. The zero-order valence-corrected chi connectivity index (χ0v) is 40.4. The lowest BCUT2D eigenvalue weighted by Crippen LogP contribution is -2.26. The van der Waals surface area contributed by atoms with Gasteiger partial charge in [0.25, 0.3) is 0 Å². The molecule has 0 radical (unpaired) electrons. The first kappa shape index (κ1) is 40.5. The van der Waals surface area contributed by atoms with Gasteiger partial charge in [0.05, 0.1) is 38.9 Å². The summed E-state index contributed by atoms with van der Waals surface area (Å²) in [6.45, 7) is 4.76. The molecule has 0 saturated carbocycles. The predicted octanol–water partition coefficient (Wildman–Crippen LogP) is 18.5. The van der Waals surface area contributed by atoms with Crippen molar-refractivity contribution in [1.29, 1.82) is 0 Å². The number of nitrogens with zero attached hydrogens (tertiary/aromatic N) is 2. The predicted molar refractivity (Wildman–Crippen MR) is 302 cm³/mol. The first-order chi connectivity index (χ1) is 36.0. The molecule has 2 heterocycles. The summed E-state index contributed by atoms with van der Waals surface area (Å²) in [7, 11) is 0. The fourth-order valence-electron chi connectivity index (χ4n) is 13.8. The van der Waals surface area contributed by atoms with Crippen molar-refractivity contribution in [2.75, 3.05) is 4.90 Å². The van der Waals surface area contributed by atoms with E-state index in [0.29, 0.717) is 0 Å². The van der Waals surface area contributed by atoms with Gasteiger partial charge in [-0.25, -0.2) is 0 Å². The van der Waals surface area contributed by atoms with Crippen LogP contribution in [0.15, 0.2) is 247 Å². The molecule has 11 aromatic carbocycles. The van der Waals surface area contributed by atoms with E-state index in [-0.39, 0.29) is 5.41 Å². The van der Waals surface area contributed by atoms with E-state index in [2.05, 4.69) is 266 Å². The highest BCUT2D eigenvalue weighted by Gasteiger charge is 2.52. The minimum absolute atomic E-state index is 0.197. The van der Waals surface area contributed by atoms with Crippen molar-refractivity contribution in [3.05, 3.63) is 276 Å². The molecule has 3 heteroatoms. The molecule has 16 rings (SSSR count). The lowest BCUT2D eigenvalue weighted by atomic mass is 9.70. The summed E-state index contributed by atoms with van der Waals surface area (Å²) in [5.41, 5.74) is 25.8. The van der Waals surface area contributed by atoms with Crippen LogP contribution in [0.1, 0.15) is 47.2 Å². The van der Waals surface area contributed by atoms with Gasteiger partial charge in [0.2, 0.25) is 0 Å². The van der Waals surface area contributed by atoms with Crippen LogP contribution in [0.2, 0.25) is 0 Å². The van der Waals surface area contributed by atoms with Crippen LogP contribution in [0.25, 0.3) is 93.9 Å². The molecule has 0 atom stereocenters. The average molecular weight is 931 g/mol. The van der Waals surface area contributed by atoms with Gasteiger partial charge in [0.1, 0.15) is 11.2 Å². The van der Waals surface area contributed by atoms with Crippen molar-refractivity contribution in [2.24, 2.45) is 0 Å². The summed E-state index contributed by atoms with van der Waals surface area (Å²) >= 11 is 0. The summed E-state index contributed by atoms with van der Waals surface area (Å²) in [6.07, 6.45) is 0. The molecule has 0 N–H and O–H groups in total. The highest BCUT2D eigenvalue weighted by atomic mass is 16.3. The Bertz CT molecular complexity index is 4440. The van der Waals surface area contributed by atoms with Crippen LogP contribution in [-0.4, -0.2) is 4.57 Å². The molecule has 342 valence electrons. The van der Waals surface area contributed by atoms with E-state index in [9.17, 15) is 0 Å². The van der Waals surface area contributed by atoms with E-state index < -0.39 is 5.41 Å². The Labute approximate surface area is 423 Å². The van der Waals surface area contributed by atoms with E-state index >= 15 is 0 Å². The Morgan fingerprint density at radius 1 is 0.356 bits per heavy atom. The average Bonchev–Trinajstić information content (AvgIpc) is 4.21. The Kier molecular flexibility index (Phi) is 8.16. The number of para-hydroxylation sites is 2. The summed E-state index contributed by atoms with van der Waals surface area (Å²) < 4.78 is 9.32. The lowest BCUT2D eigenvalue weighted by Gasteiger charge is -2.33. The summed E-state index contributed by atoms with van der Waals surface area (Å²) in [5, 5.41) is 4.63. The molecule has 73 heavy (non-hydrogen) atoms. The van der Waals surface area contributed by atoms with Gasteiger partial charge in [-0.05, 0) is 133 Å². The van der Waals surface area contributed by atoms with E-state index in [1.54, 1.807) is 0 Å². The smallest absolute Gasteiger partial charge is 0.137 e. The second-order valence-electron chi connectivity index (χ2n) is 20.7. The Balaban J connectivity index is 0.974. The quantitative estimate of drug-likeness (QED) is 0.171. The minimum atomic E-state index is -0.494. The van der Waals surface area contributed by atoms with Crippen molar-refractivity contribution in [3.63, 3.8) is 0 Å². The second kappa shape index (κ2) is 14.7. The third-order valence-electron chi connectivity index (χ3n) is 16.8. The van der Waals surface area contributed by atoms with Crippen LogP contribution in [-0.2, 0) is 10.8 Å². The number of hydrogen-bond donors (Lipinski definition) is 0. The molecule has 0 amide bonds. The van der Waals surface area contributed by atoms with Gasteiger partial charge in [0.15, 0.2) is 0 Å². The fraction of sp³-hybridized carbons (Fsp3) is 0.0571. The van der Waals surface area contributed by atoms with Crippen LogP contribution in [0, 0.1) is 0 Å². The van der Waals surface area contributed by atoms with Crippen molar-refractivity contribution < 1.29 is 4.42 Å². The lowest BCUT2D eigenvalue weighted by molar-refractivity contribution is 0.660. The fourth-order valence-corrected chi connectivity index (χ4v) is 13.8. The van der Waals surface area contributed by atoms with Crippen molar-refractivity contribution >= 4 is 60.8 Å². The Morgan fingerprint density at radius 3 is 1.59 bits per heavy atom. The molecule has 1 spiro atoms. The second-order valence-corrected chi connectivity index (χ2v) is 20.7. The molecule has 3 aliphatic rings. The SMILES string of the molecule is CC1(C)c2ccccc2-c2c(N(c3cccc4c3-c3ccccc3C43c4ccccc4-c4ccccc43)c3cccc4oc5ccc(-c6ccc7c(c6)c6ccccc6n7-c6ccccc6)cc5c34)cccc21. The zero-order chi connectivity index (χ0) is 48.2. The maximum atomic E-state index is 6.94. The molecular weight excluding hydrogens is 885 g/mol. The van der Waals surface area contributed by atoms with Crippen LogP contribution in [0.5, 0.6) is 0 Å². The van der Waals surface area contributed by atoms with Crippen LogP contribution < -0.4 is 4.90 Å². The molecule has 0 fully saturated rings. The van der Waals surface area contributed by atoms with E-state index in [0.717, 1.165) is 55.8 Å². The molecule has 0 bridgehead atoms. The van der Waals surface area contributed by atoms with Gasteiger partial charge in [-0.1, -0.05) is 190 Å². The highest BCUT2D eigenvalue weighted by molar-refractivity contribution is 6.17. The minimum Gasteiger partial charge on any atom is -0.456 e. The molecule has 2 aromatic heterocycles. The monoisotopic (exact) mass is 930 g/mol. The third-order valence-corrected chi connectivity index (χ3v) is 16.8. The third kappa shape index (κ3) is 5.28. The molecule has 0 saturated heterocycles. The standard InChI is InChI=1S/C70H46N2O/c1-69(2)53-26-11-8-24-49(53)66-57(69)30-16-33-61(66)72(62-34-17-31-58-67(62)50-25-9-14-29-56(50)70(58)54-27-12-6-21-46(54)47-22-7-13-28-55(47)70)63-35-18-36-65-68(63)52-42-44(38-40-64(52)73-65)43-37-39-60-51(41-43)48-23-10-15-32-59(48)71(60)45-19-4-3-5-20-45/h3-42H,1-2H3. The first-order valence-corrected chi connectivity index (χ1v) is 25.5. The summed E-state index contributed by atoms with van der Waals surface area (Å²) in [4.78, 5) is 2.59. The number of hydrogen-bond acceptors (Lipinski definition) is 2. The molecule has 0 aliphatic heterocycles. The van der Waals surface area contributed by atoms with Gasteiger partial charge in [-0.2, -0.15) is 0 Å². The molecule has 3 aliphatic carbocycles. The number of benzene rings is 11. The van der Waals surface area contributed by atoms with Crippen molar-refractivity contribution in [3.8, 4) is 50.2 Å². The molecule has 3 nitrogen and oxygen atoms in total. The normalized spacial score (nSPS) is 14.1. The van der Waals surface area contributed by atoms with Gasteiger partial charge in [-0.3, -0.25) is 0 Å². The maximum absolute atomic E-state index is 6.94. The molecular formula is C70H46N2O. The van der Waals surface area contributed by atoms with Crippen molar-refractivity contribution in [2.45, 2.75) is 24.7 Å². The number of fused-ring (bicyclic) bond motifs is 19. The summed E-state index contributed by atoms with van der Waals surface area (Å²) in [6, 6.07) is 90.2. The van der Waals surface area contributed by atoms with Gasteiger partial charge in [-0.15, -0.1) is 0 Å². The van der Waals surface area contributed by atoms with E-state index in [1.807, 2.05) is 0 Å². The highest BCUT2D eigenvalue weighted by Crippen LogP contribution is 2.65. The van der Waals surface area contributed by atoms with Crippen molar-refractivity contribution in [1.82, 2.24) is 4.57 Å². The topological polar surface area (TPSA) is 21.3 Å². The van der Waals surface area contributed by atoms with Crippen LogP contribution in [0.3, 0.4) is 0 Å². The van der Waals surface area contributed by atoms with Gasteiger partial charge < -0.3 is 13.9 Å². The molecule has 13 aromatic rings. The number of furan rings is 1. The first-order valence-electron chi connectivity index (χ1n) is 25.5. The summed E-state index contributed by atoms with van der Waals surface area (Å²) in [5.74, 6) is 0. The van der Waals surface area contributed by atoms with Crippen LogP contribution in [0.4, 0.5) is 17.1 Å². The van der Waals surface area contributed by atoms with E-state index in [1.165, 1.54) is 88.6 Å². The van der Waals surface area contributed by atoms with Gasteiger partial charge in [0, 0.05) is 38.4 Å². The van der Waals surface area contributed by atoms with Gasteiger partial charge >= 0.3 is 0 Å². The number of rotatable bonds is 5. The largest absolute Gasteiger partial charge is 0.456 e. The number of anilines is 3. The Morgan fingerprint density at radius 2 is 0.863 bits per heavy atom. The maximum Gasteiger partial charge on any atom is 0.137 e. The number of aromatic nitrogens is 1.